The Bertz CT molecular complexity index is 1370. The number of aliphatic hydroxyl groups excluding tert-OH is 1. The number of rotatable bonds is 4. The van der Waals surface area contributed by atoms with Crippen LogP contribution in [0.5, 0.6) is 11.5 Å². The van der Waals surface area contributed by atoms with Crippen LogP contribution in [0.1, 0.15) is 18.5 Å². The number of benzene rings is 2. The van der Waals surface area contributed by atoms with Gasteiger partial charge in [0.2, 0.25) is 6.79 Å². The fourth-order valence-corrected chi connectivity index (χ4v) is 4.83. The summed E-state index contributed by atoms with van der Waals surface area (Å²) in [5, 5.41) is 14.7. The van der Waals surface area contributed by atoms with Crippen molar-refractivity contribution in [2.24, 2.45) is 0 Å². The number of fused-ring (bicyclic) bond motifs is 2. The van der Waals surface area contributed by atoms with Crippen molar-refractivity contribution in [3.05, 3.63) is 60.0 Å². The van der Waals surface area contributed by atoms with Crippen molar-refractivity contribution in [2.45, 2.75) is 25.8 Å². The summed E-state index contributed by atoms with van der Waals surface area (Å²) in [5.41, 5.74) is 4.73. The van der Waals surface area contributed by atoms with E-state index in [2.05, 4.69) is 4.90 Å². The number of aromatic nitrogens is 3. The average Bonchev–Trinajstić information content (AvgIpc) is 3.55. The first kappa shape index (κ1) is 20.0. The van der Waals surface area contributed by atoms with Gasteiger partial charge in [-0.15, -0.1) is 0 Å². The Labute approximate surface area is 190 Å². The van der Waals surface area contributed by atoms with E-state index in [9.17, 15) is 9.50 Å². The molecule has 0 spiro atoms. The lowest BCUT2D eigenvalue weighted by Gasteiger charge is -2.25. The molecule has 2 aromatic heterocycles. The molecule has 7 nitrogen and oxygen atoms in total. The number of ether oxygens (including phenoxy) is 2. The first-order chi connectivity index (χ1) is 16.1. The van der Waals surface area contributed by atoms with Gasteiger partial charge in [-0.3, -0.25) is 0 Å². The standard InChI is InChI=1S/C25H23FN4O3/c1-15-24(17-7-8-21-22(11-17)33-14-32-21)25-27-23(29-9-3-6-19(29)13-31)12-20(30(25)28-15)16-4-2-5-18(26)10-16/h2,4-5,7-8,10-12,19,31H,3,6,9,13-14H2,1H3. The maximum Gasteiger partial charge on any atom is 0.231 e. The zero-order valence-electron chi connectivity index (χ0n) is 18.2. The molecule has 0 bridgehead atoms. The third-order valence-corrected chi connectivity index (χ3v) is 6.41. The second-order valence-corrected chi connectivity index (χ2v) is 8.45. The molecule has 2 aliphatic heterocycles. The highest BCUT2D eigenvalue weighted by atomic mass is 19.1. The third-order valence-electron chi connectivity index (χ3n) is 6.41. The van der Waals surface area contributed by atoms with Crippen LogP contribution in [0.25, 0.3) is 28.0 Å². The van der Waals surface area contributed by atoms with E-state index in [0.717, 1.165) is 47.7 Å². The molecule has 0 aliphatic carbocycles. The van der Waals surface area contributed by atoms with Crippen molar-refractivity contribution in [1.82, 2.24) is 14.6 Å². The molecule has 1 N–H and O–H groups in total. The predicted molar refractivity (Wildman–Crippen MR) is 122 cm³/mol. The maximum atomic E-state index is 14.1. The lowest BCUT2D eigenvalue weighted by molar-refractivity contribution is 0.174. The highest BCUT2D eigenvalue weighted by Crippen LogP contribution is 2.39. The van der Waals surface area contributed by atoms with E-state index in [-0.39, 0.29) is 25.3 Å². The quantitative estimate of drug-likeness (QED) is 0.507. The molecule has 1 fully saturated rings. The monoisotopic (exact) mass is 446 g/mol. The lowest BCUT2D eigenvalue weighted by atomic mass is 10.1. The van der Waals surface area contributed by atoms with Gasteiger partial charge in [0.05, 0.1) is 24.0 Å². The predicted octanol–water partition coefficient (Wildman–Crippen LogP) is 4.20. The summed E-state index contributed by atoms with van der Waals surface area (Å²) >= 11 is 0. The largest absolute Gasteiger partial charge is 0.454 e. The minimum absolute atomic E-state index is 0.0123. The van der Waals surface area contributed by atoms with E-state index in [0.29, 0.717) is 22.7 Å². The Hall–Kier alpha value is -3.65. The van der Waals surface area contributed by atoms with Gasteiger partial charge in [-0.05, 0) is 49.6 Å². The number of hydrogen-bond donors (Lipinski definition) is 1. The molecule has 1 unspecified atom stereocenters. The Morgan fingerprint density at radius 3 is 2.82 bits per heavy atom. The topological polar surface area (TPSA) is 72.1 Å². The van der Waals surface area contributed by atoms with E-state index in [1.807, 2.05) is 37.3 Å². The van der Waals surface area contributed by atoms with Gasteiger partial charge in [-0.2, -0.15) is 5.10 Å². The number of aliphatic hydroxyl groups is 1. The molecule has 0 saturated carbocycles. The molecule has 2 aromatic carbocycles. The lowest BCUT2D eigenvalue weighted by Crippen LogP contribution is -2.32. The minimum Gasteiger partial charge on any atom is -0.454 e. The molecule has 8 heteroatoms. The Morgan fingerprint density at radius 2 is 1.97 bits per heavy atom. The van der Waals surface area contributed by atoms with Crippen molar-refractivity contribution in [3.63, 3.8) is 0 Å². The third kappa shape index (κ3) is 3.29. The molecule has 1 saturated heterocycles. The molecule has 4 aromatic rings. The van der Waals surface area contributed by atoms with Gasteiger partial charge < -0.3 is 19.5 Å². The molecule has 0 amide bonds. The number of hydrogen-bond acceptors (Lipinski definition) is 6. The second-order valence-electron chi connectivity index (χ2n) is 8.45. The van der Waals surface area contributed by atoms with Crippen LogP contribution in [-0.2, 0) is 0 Å². The number of aryl methyl sites for hydroxylation is 1. The molecule has 6 rings (SSSR count). The normalized spacial score (nSPS) is 17.3. The SMILES string of the molecule is Cc1nn2c(-c3cccc(F)c3)cc(N3CCCC3CO)nc2c1-c1ccc2c(c1)OCO2. The summed E-state index contributed by atoms with van der Waals surface area (Å²) in [7, 11) is 0. The van der Waals surface area contributed by atoms with Gasteiger partial charge >= 0.3 is 0 Å². The van der Waals surface area contributed by atoms with Gasteiger partial charge in [-0.25, -0.2) is 13.9 Å². The van der Waals surface area contributed by atoms with Crippen LogP contribution in [0, 0.1) is 12.7 Å². The van der Waals surface area contributed by atoms with E-state index >= 15 is 0 Å². The Morgan fingerprint density at radius 1 is 1.09 bits per heavy atom. The molecular formula is C25H23FN4O3. The van der Waals surface area contributed by atoms with Gasteiger partial charge in [0.25, 0.3) is 0 Å². The molecule has 168 valence electrons. The van der Waals surface area contributed by atoms with Crippen molar-refractivity contribution in [2.75, 3.05) is 24.8 Å². The van der Waals surface area contributed by atoms with Crippen LogP contribution in [0.2, 0.25) is 0 Å². The Balaban J connectivity index is 1.60. The molecule has 0 radical (unpaired) electrons. The van der Waals surface area contributed by atoms with E-state index in [4.69, 9.17) is 19.6 Å². The average molecular weight is 446 g/mol. The van der Waals surface area contributed by atoms with Gasteiger partial charge in [0, 0.05) is 23.7 Å². The first-order valence-corrected chi connectivity index (χ1v) is 11.1. The van der Waals surface area contributed by atoms with E-state index in [1.165, 1.54) is 12.1 Å². The van der Waals surface area contributed by atoms with Crippen LogP contribution >= 0.6 is 0 Å². The summed E-state index contributed by atoms with van der Waals surface area (Å²) in [5.74, 6) is 1.84. The van der Waals surface area contributed by atoms with Crippen LogP contribution in [-0.4, -0.2) is 45.7 Å². The minimum atomic E-state index is -0.312. The summed E-state index contributed by atoms with van der Waals surface area (Å²) in [6.07, 6.45) is 1.90. The smallest absolute Gasteiger partial charge is 0.231 e. The zero-order chi connectivity index (χ0) is 22.5. The summed E-state index contributed by atoms with van der Waals surface area (Å²) in [6, 6.07) is 14.2. The van der Waals surface area contributed by atoms with E-state index < -0.39 is 0 Å². The maximum absolute atomic E-state index is 14.1. The van der Waals surface area contributed by atoms with Crippen LogP contribution < -0.4 is 14.4 Å². The number of anilines is 1. The highest BCUT2D eigenvalue weighted by Gasteiger charge is 2.28. The number of nitrogens with zero attached hydrogens (tertiary/aromatic N) is 4. The summed E-state index contributed by atoms with van der Waals surface area (Å²) < 4.78 is 27.0. The second kappa shape index (κ2) is 7.74. The summed E-state index contributed by atoms with van der Waals surface area (Å²) in [4.78, 5) is 7.14. The zero-order valence-corrected chi connectivity index (χ0v) is 18.2. The van der Waals surface area contributed by atoms with Crippen molar-refractivity contribution in [1.29, 1.82) is 0 Å². The van der Waals surface area contributed by atoms with Gasteiger partial charge in [-0.1, -0.05) is 18.2 Å². The molecular weight excluding hydrogens is 423 g/mol. The summed E-state index contributed by atoms with van der Waals surface area (Å²) in [6.45, 7) is 3.02. The van der Waals surface area contributed by atoms with Crippen molar-refractivity contribution >= 4 is 11.5 Å². The molecule has 4 heterocycles. The molecule has 2 aliphatic rings. The van der Waals surface area contributed by atoms with Crippen molar-refractivity contribution < 1.29 is 19.0 Å². The Kier molecular flexibility index (Phi) is 4.69. The molecule has 33 heavy (non-hydrogen) atoms. The van der Waals surface area contributed by atoms with Crippen LogP contribution in [0.15, 0.2) is 48.5 Å². The number of halogens is 1. The van der Waals surface area contributed by atoms with Crippen LogP contribution in [0.3, 0.4) is 0 Å². The van der Waals surface area contributed by atoms with Gasteiger partial charge in [0.15, 0.2) is 17.1 Å². The van der Waals surface area contributed by atoms with E-state index in [1.54, 1.807) is 10.6 Å². The first-order valence-electron chi connectivity index (χ1n) is 11.1. The van der Waals surface area contributed by atoms with Crippen LogP contribution in [0.4, 0.5) is 10.2 Å². The fourth-order valence-electron chi connectivity index (χ4n) is 4.83. The van der Waals surface area contributed by atoms with Gasteiger partial charge in [0.1, 0.15) is 11.6 Å². The molecule has 1 atom stereocenters. The fraction of sp³-hybridized carbons (Fsp3) is 0.280. The van der Waals surface area contributed by atoms with Crippen molar-refractivity contribution in [3.8, 4) is 33.9 Å². The highest BCUT2D eigenvalue weighted by molar-refractivity contribution is 5.84.